The lowest BCUT2D eigenvalue weighted by molar-refractivity contribution is -0.889. The minimum Gasteiger partial charge on any atom is -0.481 e. The van der Waals surface area contributed by atoms with Crippen molar-refractivity contribution in [1.82, 2.24) is 0 Å². The summed E-state index contributed by atoms with van der Waals surface area (Å²) in [6, 6.07) is 8.82. The number of nitrogens with zero attached hydrogens (tertiary/aromatic N) is 1. The number of aliphatic carboxylic acids is 1. The molecule has 0 bridgehead atoms. The molecule has 162 valence electrons. The van der Waals surface area contributed by atoms with E-state index in [1.807, 2.05) is 20.2 Å². The highest BCUT2D eigenvalue weighted by Gasteiger charge is 2.41. The normalized spacial score (nSPS) is 12.3. The number of benzene rings is 1. The van der Waals surface area contributed by atoms with Crippen LogP contribution in [-0.2, 0) is 19.1 Å². The summed E-state index contributed by atoms with van der Waals surface area (Å²) in [5.41, 5.74) is -1.76. The maximum absolute atomic E-state index is 12.6. The maximum atomic E-state index is 12.6. The molecule has 7 nitrogen and oxygen atoms in total. The molecule has 7 heteroatoms. The molecular formula is C22H34NO6+. The van der Waals surface area contributed by atoms with Crippen molar-refractivity contribution in [3.05, 3.63) is 30.3 Å². The maximum Gasteiger partial charge on any atom is 0.316 e. The van der Waals surface area contributed by atoms with Gasteiger partial charge in [0.15, 0.2) is 0 Å². The van der Waals surface area contributed by atoms with Crippen LogP contribution in [0.4, 0.5) is 0 Å². The number of ether oxygens (including phenoxy) is 2. The molecule has 0 unspecified atom stereocenters. The van der Waals surface area contributed by atoms with Crippen LogP contribution in [0.15, 0.2) is 30.3 Å². The van der Waals surface area contributed by atoms with Crippen LogP contribution in [0.2, 0.25) is 0 Å². The minimum absolute atomic E-state index is 0.0597. The van der Waals surface area contributed by atoms with E-state index in [4.69, 9.17) is 14.6 Å². The predicted octanol–water partition coefficient (Wildman–Crippen LogP) is 3.13. The van der Waals surface area contributed by atoms with E-state index >= 15 is 0 Å². The summed E-state index contributed by atoms with van der Waals surface area (Å²) in [6.07, 6.45) is 0.325. The van der Waals surface area contributed by atoms with E-state index in [1.165, 1.54) is 0 Å². The van der Waals surface area contributed by atoms with Crippen LogP contribution in [-0.4, -0.2) is 61.3 Å². The van der Waals surface area contributed by atoms with Crippen LogP contribution in [0.1, 0.15) is 40.5 Å². The topological polar surface area (TPSA) is 89.9 Å². The number of hydrogen-bond donors (Lipinski definition) is 1. The van der Waals surface area contributed by atoms with Gasteiger partial charge in [0, 0.05) is 0 Å². The van der Waals surface area contributed by atoms with Crippen molar-refractivity contribution < 1.29 is 33.4 Å². The Labute approximate surface area is 173 Å². The number of carbonyl (C=O) groups excluding carboxylic acids is 2. The lowest BCUT2D eigenvalue weighted by atomic mass is 9.75. The van der Waals surface area contributed by atoms with E-state index < -0.39 is 28.7 Å². The van der Waals surface area contributed by atoms with E-state index in [9.17, 15) is 14.4 Å². The predicted molar refractivity (Wildman–Crippen MR) is 109 cm³/mol. The standard InChI is InChI=1S/C22H33NO6/c1-21(2,19(26)28-15-14-23(5,6)13-12-18(24)25)16-22(3,4)20(27)29-17-10-8-7-9-11-17/h7-11H,12-16H2,1-6H3/p+1. The van der Waals surface area contributed by atoms with E-state index in [0.717, 1.165) is 0 Å². The fraction of sp³-hybridized carbons (Fsp3) is 0.591. The van der Waals surface area contributed by atoms with Crippen LogP contribution in [0.25, 0.3) is 0 Å². The molecule has 1 aromatic carbocycles. The number of likely N-dealkylation sites (N-methyl/N-ethyl adjacent to an activating group) is 1. The van der Waals surface area contributed by atoms with Crippen LogP contribution in [0, 0.1) is 10.8 Å². The monoisotopic (exact) mass is 408 g/mol. The summed E-state index contributed by atoms with van der Waals surface area (Å²) >= 11 is 0. The number of hydrogen-bond acceptors (Lipinski definition) is 5. The lowest BCUT2D eigenvalue weighted by Crippen LogP contribution is -2.45. The Hall–Kier alpha value is -2.41. The van der Waals surface area contributed by atoms with Crippen molar-refractivity contribution in [2.75, 3.05) is 33.8 Å². The summed E-state index contributed by atoms with van der Waals surface area (Å²) in [5.74, 6) is -1.18. The van der Waals surface area contributed by atoms with Gasteiger partial charge in [-0.1, -0.05) is 18.2 Å². The molecule has 0 fully saturated rings. The molecule has 0 heterocycles. The molecule has 1 rings (SSSR count). The molecule has 0 aliphatic heterocycles. The van der Waals surface area contributed by atoms with Gasteiger partial charge in [-0.3, -0.25) is 14.4 Å². The first kappa shape index (κ1) is 24.6. The second-order valence-corrected chi connectivity index (χ2v) is 9.31. The summed E-state index contributed by atoms with van der Waals surface area (Å²) < 4.78 is 11.3. The average Bonchev–Trinajstić information content (AvgIpc) is 2.60. The average molecular weight is 409 g/mol. The summed E-state index contributed by atoms with van der Waals surface area (Å²) in [6.45, 7) is 8.14. The molecule has 0 spiro atoms. The Bertz CT molecular complexity index is 709. The summed E-state index contributed by atoms with van der Waals surface area (Å²) in [7, 11) is 3.79. The van der Waals surface area contributed by atoms with Gasteiger partial charge >= 0.3 is 17.9 Å². The van der Waals surface area contributed by atoms with Gasteiger partial charge in [0.2, 0.25) is 0 Å². The molecule has 0 saturated carbocycles. The Morgan fingerprint density at radius 3 is 2.03 bits per heavy atom. The second-order valence-electron chi connectivity index (χ2n) is 9.31. The fourth-order valence-corrected chi connectivity index (χ4v) is 3.07. The first-order chi connectivity index (χ1) is 13.3. The van der Waals surface area contributed by atoms with E-state index in [-0.39, 0.29) is 19.4 Å². The van der Waals surface area contributed by atoms with Crippen LogP contribution in [0.5, 0.6) is 5.75 Å². The van der Waals surface area contributed by atoms with Crippen molar-refractivity contribution in [3.63, 3.8) is 0 Å². The van der Waals surface area contributed by atoms with Crippen molar-refractivity contribution in [2.24, 2.45) is 10.8 Å². The Morgan fingerprint density at radius 1 is 0.931 bits per heavy atom. The van der Waals surface area contributed by atoms with Gasteiger partial charge in [-0.25, -0.2) is 0 Å². The highest BCUT2D eigenvalue weighted by atomic mass is 16.5. The van der Waals surface area contributed by atoms with E-state index in [0.29, 0.717) is 23.3 Å². The number of carbonyl (C=O) groups is 3. The van der Waals surface area contributed by atoms with Gasteiger partial charge in [-0.05, 0) is 46.2 Å². The number of para-hydroxylation sites is 1. The van der Waals surface area contributed by atoms with Gasteiger partial charge < -0.3 is 19.1 Å². The summed E-state index contributed by atoms with van der Waals surface area (Å²) in [5, 5.41) is 8.81. The molecular weight excluding hydrogens is 374 g/mol. The molecule has 1 N–H and O–H groups in total. The number of esters is 2. The van der Waals surface area contributed by atoms with Crippen LogP contribution < -0.4 is 4.74 Å². The van der Waals surface area contributed by atoms with Gasteiger partial charge in [0.05, 0.1) is 37.9 Å². The summed E-state index contributed by atoms with van der Waals surface area (Å²) in [4.78, 5) is 35.9. The molecule has 0 amide bonds. The number of carboxylic acids is 1. The van der Waals surface area contributed by atoms with E-state index in [1.54, 1.807) is 52.0 Å². The van der Waals surface area contributed by atoms with E-state index in [2.05, 4.69) is 0 Å². The first-order valence-electron chi connectivity index (χ1n) is 9.74. The third-order valence-electron chi connectivity index (χ3n) is 4.80. The Morgan fingerprint density at radius 2 is 1.48 bits per heavy atom. The molecule has 0 atom stereocenters. The third kappa shape index (κ3) is 8.64. The lowest BCUT2D eigenvalue weighted by Gasteiger charge is -2.32. The van der Waals surface area contributed by atoms with Crippen LogP contribution >= 0.6 is 0 Å². The fourth-order valence-electron chi connectivity index (χ4n) is 3.07. The third-order valence-corrected chi connectivity index (χ3v) is 4.80. The number of carboxylic acid groups (broad SMARTS) is 1. The zero-order valence-corrected chi connectivity index (χ0v) is 18.4. The quantitative estimate of drug-likeness (QED) is 0.344. The van der Waals surface area contributed by atoms with Crippen molar-refractivity contribution in [2.45, 2.75) is 40.5 Å². The minimum atomic E-state index is -0.880. The van der Waals surface area contributed by atoms with Gasteiger partial charge in [-0.2, -0.15) is 0 Å². The number of quaternary nitrogens is 1. The Kier molecular flexibility index (Phi) is 8.38. The SMILES string of the molecule is CC(C)(CC(C)(C)C(=O)Oc1ccccc1)C(=O)OCC[N+](C)(C)CCC(=O)O. The van der Waals surface area contributed by atoms with Crippen molar-refractivity contribution in [1.29, 1.82) is 0 Å². The molecule has 0 saturated heterocycles. The zero-order valence-electron chi connectivity index (χ0n) is 18.4. The largest absolute Gasteiger partial charge is 0.481 e. The number of rotatable bonds is 11. The van der Waals surface area contributed by atoms with Crippen molar-refractivity contribution >= 4 is 17.9 Å². The smallest absolute Gasteiger partial charge is 0.316 e. The van der Waals surface area contributed by atoms with Crippen molar-refractivity contribution in [3.8, 4) is 5.75 Å². The second kappa shape index (κ2) is 9.87. The first-order valence-corrected chi connectivity index (χ1v) is 9.74. The molecule has 0 aliphatic carbocycles. The molecule has 0 aromatic heterocycles. The Balaban J connectivity index is 2.59. The van der Waals surface area contributed by atoms with Gasteiger partial charge in [-0.15, -0.1) is 0 Å². The molecule has 0 radical (unpaired) electrons. The van der Waals surface area contributed by atoms with Crippen LogP contribution in [0.3, 0.4) is 0 Å². The molecule has 0 aliphatic rings. The van der Waals surface area contributed by atoms with Gasteiger partial charge in [0.1, 0.15) is 18.9 Å². The highest BCUT2D eigenvalue weighted by Crippen LogP contribution is 2.36. The highest BCUT2D eigenvalue weighted by molar-refractivity contribution is 5.81. The molecule has 1 aromatic rings. The zero-order chi connectivity index (χ0) is 22.3. The molecule has 29 heavy (non-hydrogen) atoms. The van der Waals surface area contributed by atoms with Gasteiger partial charge in [0.25, 0.3) is 0 Å².